The molecule has 3 aromatic carbocycles. The summed E-state index contributed by atoms with van der Waals surface area (Å²) in [7, 11) is -3.25. The maximum atomic E-state index is 12.3. The van der Waals surface area contributed by atoms with E-state index >= 15 is 0 Å². The van der Waals surface area contributed by atoms with Crippen LogP contribution in [0.3, 0.4) is 0 Å². The topological polar surface area (TPSA) is 134 Å². The summed E-state index contributed by atoms with van der Waals surface area (Å²) in [5.74, 6) is -1.19. The summed E-state index contributed by atoms with van der Waals surface area (Å²) in [6.45, 7) is -0.0769. The zero-order chi connectivity index (χ0) is 22.4. The average molecular weight is 420 g/mol. The Morgan fingerprint density at radius 2 is 1.39 bits per heavy atom. The van der Waals surface area contributed by atoms with Gasteiger partial charge in [0, 0.05) is 0 Å². The van der Waals surface area contributed by atoms with Gasteiger partial charge in [-0.1, -0.05) is 42.5 Å². The second-order valence-corrected chi connectivity index (χ2v) is 6.61. The molecule has 0 aliphatic rings. The summed E-state index contributed by atoms with van der Waals surface area (Å²) in [6.07, 6.45) is 0. The van der Waals surface area contributed by atoms with E-state index in [2.05, 4.69) is 0 Å². The Morgan fingerprint density at radius 1 is 0.710 bits per heavy atom. The van der Waals surface area contributed by atoms with E-state index in [0.717, 1.165) is 0 Å². The first-order valence-electron chi connectivity index (χ1n) is 9.24. The lowest BCUT2D eigenvalue weighted by atomic mass is 9.80. The van der Waals surface area contributed by atoms with Gasteiger partial charge in [-0.3, -0.25) is 0 Å². The minimum atomic E-state index is -1.64. The molecule has 10 heteroatoms. The molecule has 0 atom stereocenters. The Kier molecular flexibility index (Phi) is 7.22. The average Bonchev–Trinajstić information content (AvgIpc) is 2.77. The van der Waals surface area contributed by atoms with Crippen LogP contribution in [0, 0.1) is 0 Å². The molecule has 0 fully saturated rings. The third-order valence-electron chi connectivity index (χ3n) is 4.34. The molecule has 0 aliphatic heterocycles. The fraction of sp³-hybridized carbons (Fsp3) is 0.0476. The SMILES string of the molecule is O=C(OCc1cccc(B(O)O)c1)c1cccc(OC(=O)c2ccc(B(O)O)cc2)c1. The van der Waals surface area contributed by atoms with E-state index in [-0.39, 0.29) is 34.4 Å². The number of esters is 2. The van der Waals surface area contributed by atoms with Gasteiger partial charge in [-0.05, 0) is 46.8 Å². The van der Waals surface area contributed by atoms with Gasteiger partial charge < -0.3 is 29.6 Å². The number of carbonyl (C=O) groups excluding carboxylic acids is 2. The van der Waals surface area contributed by atoms with E-state index in [1.54, 1.807) is 12.1 Å². The molecule has 0 amide bonds. The third-order valence-corrected chi connectivity index (χ3v) is 4.34. The molecule has 4 N–H and O–H groups in total. The van der Waals surface area contributed by atoms with E-state index in [1.807, 2.05) is 0 Å². The summed E-state index contributed by atoms with van der Waals surface area (Å²) in [5, 5.41) is 36.6. The molecular weight excluding hydrogens is 402 g/mol. The monoisotopic (exact) mass is 420 g/mol. The predicted molar refractivity (Wildman–Crippen MR) is 113 cm³/mol. The van der Waals surface area contributed by atoms with Crippen LogP contribution in [0.4, 0.5) is 0 Å². The molecule has 3 aromatic rings. The minimum Gasteiger partial charge on any atom is -0.457 e. The molecule has 0 aliphatic carbocycles. The van der Waals surface area contributed by atoms with Crippen molar-refractivity contribution < 1.29 is 39.2 Å². The van der Waals surface area contributed by atoms with Crippen molar-refractivity contribution in [3.8, 4) is 5.75 Å². The highest BCUT2D eigenvalue weighted by Crippen LogP contribution is 2.16. The first-order valence-corrected chi connectivity index (χ1v) is 9.24. The summed E-state index contributed by atoms with van der Waals surface area (Å²) in [6, 6.07) is 17.8. The van der Waals surface area contributed by atoms with Crippen molar-refractivity contribution in [2.45, 2.75) is 6.61 Å². The zero-order valence-corrected chi connectivity index (χ0v) is 16.2. The lowest BCUT2D eigenvalue weighted by Crippen LogP contribution is -2.29. The quantitative estimate of drug-likeness (QED) is 0.231. The first kappa shape index (κ1) is 22.3. The number of carbonyl (C=O) groups is 2. The second-order valence-electron chi connectivity index (χ2n) is 6.61. The summed E-state index contributed by atoms with van der Waals surface area (Å²) in [5.41, 5.74) is 1.47. The number of hydrogen-bond donors (Lipinski definition) is 4. The summed E-state index contributed by atoms with van der Waals surface area (Å²) in [4.78, 5) is 24.6. The van der Waals surface area contributed by atoms with Gasteiger partial charge in [0.1, 0.15) is 12.4 Å². The highest BCUT2D eigenvalue weighted by atomic mass is 16.5. The van der Waals surface area contributed by atoms with Gasteiger partial charge in [0.05, 0.1) is 11.1 Å². The number of hydrogen-bond acceptors (Lipinski definition) is 8. The van der Waals surface area contributed by atoms with Crippen molar-refractivity contribution >= 4 is 37.1 Å². The van der Waals surface area contributed by atoms with E-state index in [4.69, 9.17) is 19.5 Å². The summed E-state index contributed by atoms with van der Waals surface area (Å²) < 4.78 is 10.5. The van der Waals surface area contributed by atoms with Gasteiger partial charge >= 0.3 is 26.2 Å². The Bertz CT molecular complexity index is 1070. The van der Waals surface area contributed by atoms with Crippen LogP contribution in [0.5, 0.6) is 5.75 Å². The van der Waals surface area contributed by atoms with Crippen LogP contribution >= 0.6 is 0 Å². The second kappa shape index (κ2) is 10.1. The van der Waals surface area contributed by atoms with Crippen molar-refractivity contribution in [3.05, 3.63) is 89.5 Å². The van der Waals surface area contributed by atoms with Crippen LogP contribution in [-0.4, -0.2) is 46.3 Å². The molecule has 0 bridgehead atoms. The Morgan fingerprint density at radius 3 is 2.06 bits per heavy atom. The van der Waals surface area contributed by atoms with Crippen LogP contribution < -0.4 is 15.7 Å². The van der Waals surface area contributed by atoms with Crippen LogP contribution in [0.25, 0.3) is 0 Å². The fourth-order valence-corrected chi connectivity index (χ4v) is 2.72. The van der Waals surface area contributed by atoms with Gasteiger partial charge in [0.2, 0.25) is 0 Å². The van der Waals surface area contributed by atoms with Gasteiger partial charge in [-0.2, -0.15) is 0 Å². The molecule has 0 heterocycles. The normalized spacial score (nSPS) is 10.3. The molecule has 8 nitrogen and oxygen atoms in total. The molecule has 0 saturated heterocycles. The number of ether oxygens (including phenoxy) is 2. The van der Waals surface area contributed by atoms with Gasteiger partial charge in [-0.25, -0.2) is 9.59 Å². The van der Waals surface area contributed by atoms with Crippen molar-refractivity contribution in [1.29, 1.82) is 0 Å². The molecule has 0 radical (unpaired) electrons. The number of rotatable bonds is 7. The molecule has 0 spiro atoms. The zero-order valence-electron chi connectivity index (χ0n) is 16.2. The van der Waals surface area contributed by atoms with Gasteiger partial charge in [0.25, 0.3) is 0 Å². The molecule has 3 rings (SSSR count). The van der Waals surface area contributed by atoms with Crippen LogP contribution in [-0.2, 0) is 11.3 Å². The lowest BCUT2D eigenvalue weighted by Gasteiger charge is -2.09. The standard InChI is InChI=1S/C21H18B2O8/c24-20(30-13-14-3-1-5-18(11-14)23(28)29)16-4-2-6-19(12-16)31-21(25)15-7-9-17(10-8-15)22(26)27/h1-12,26-29H,13H2. The lowest BCUT2D eigenvalue weighted by molar-refractivity contribution is 0.0471. The van der Waals surface area contributed by atoms with Gasteiger partial charge in [-0.15, -0.1) is 0 Å². The van der Waals surface area contributed by atoms with Crippen molar-refractivity contribution in [1.82, 2.24) is 0 Å². The Balaban J connectivity index is 1.63. The van der Waals surface area contributed by atoms with Crippen LogP contribution in [0.15, 0.2) is 72.8 Å². The molecular formula is C21H18B2O8. The smallest absolute Gasteiger partial charge is 0.457 e. The molecule has 0 aromatic heterocycles. The predicted octanol–water partition coefficient (Wildman–Crippen LogP) is -0.378. The van der Waals surface area contributed by atoms with Crippen molar-refractivity contribution in [3.63, 3.8) is 0 Å². The van der Waals surface area contributed by atoms with Crippen molar-refractivity contribution in [2.24, 2.45) is 0 Å². The third kappa shape index (κ3) is 6.03. The van der Waals surface area contributed by atoms with E-state index in [0.29, 0.717) is 5.56 Å². The van der Waals surface area contributed by atoms with E-state index in [9.17, 15) is 19.6 Å². The Hall–Kier alpha value is -3.43. The van der Waals surface area contributed by atoms with Crippen LogP contribution in [0.2, 0.25) is 0 Å². The largest absolute Gasteiger partial charge is 0.488 e. The fourth-order valence-electron chi connectivity index (χ4n) is 2.72. The maximum Gasteiger partial charge on any atom is 0.488 e. The first-order chi connectivity index (χ1) is 14.8. The van der Waals surface area contributed by atoms with Crippen LogP contribution in [0.1, 0.15) is 26.3 Å². The highest BCUT2D eigenvalue weighted by Gasteiger charge is 2.15. The highest BCUT2D eigenvalue weighted by molar-refractivity contribution is 6.58. The van der Waals surface area contributed by atoms with Crippen molar-refractivity contribution in [2.75, 3.05) is 0 Å². The maximum absolute atomic E-state index is 12.3. The molecule has 0 saturated carbocycles. The van der Waals surface area contributed by atoms with Gasteiger partial charge in [0.15, 0.2) is 0 Å². The van der Waals surface area contributed by atoms with E-state index in [1.165, 1.54) is 60.7 Å². The molecule has 156 valence electrons. The minimum absolute atomic E-state index is 0.0769. The Labute approximate surface area is 178 Å². The van der Waals surface area contributed by atoms with E-state index < -0.39 is 26.2 Å². The summed E-state index contributed by atoms with van der Waals surface area (Å²) >= 11 is 0. The number of benzene rings is 3. The molecule has 0 unspecified atom stereocenters. The molecule has 31 heavy (non-hydrogen) atoms.